The van der Waals surface area contributed by atoms with Crippen LogP contribution in [-0.4, -0.2) is 9.67 Å². The maximum atomic E-state index is 12.2. The molecule has 0 aliphatic rings. The zero-order valence-corrected chi connectivity index (χ0v) is 12.2. The fourth-order valence-electron chi connectivity index (χ4n) is 2.84. The minimum absolute atomic E-state index is 0.0883. The molecule has 1 heterocycles. The molecule has 1 N–H and O–H groups in total. The van der Waals surface area contributed by atoms with Crippen LogP contribution in [0.25, 0.3) is 21.5 Å². The van der Waals surface area contributed by atoms with Gasteiger partial charge in [0.05, 0.1) is 5.39 Å². The van der Waals surface area contributed by atoms with E-state index in [1.807, 2.05) is 36.4 Å². The molecule has 1 aromatic heterocycles. The van der Waals surface area contributed by atoms with E-state index in [0.717, 1.165) is 40.8 Å². The lowest BCUT2D eigenvalue weighted by Gasteiger charge is -2.12. The van der Waals surface area contributed by atoms with Crippen molar-refractivity contribution in [2.45, 2.75) is 32.7 Å². The van der Waals surface area contributed by atoms with Crippen LogP contribution >= 0.6 is 0 Å². The molecule has 2 aromatic carbocycles. The summed E-state index contributed by atoms with van der Waals surface area (Å²) in [6.45, 7) is 2.69. The van der Waals surface area contributed by atoms with Gasteiger partial charge in [-0.25, -0.2) is 0 Å². The first kappa shape index (κ1) is 13.7. The molecule has 0 saturated carbocycles. The second-order valence-corrected chi connectivity index (χ2v) is 5.42. The van der Waals surface area contributed by atoms with E-state index >= 15 is 0 Å². The van der Waals surface area contributed by atoms with Gasteiger partial charge in [-0.2, -0.15) is 0 Å². The summed E-state index contributed by atoms with van der Waals surface area (Å²) in [7, 11) is 0. The predicted octanol–water partition coefficient (Wildman–Crippen LogP) is 4.05. The first-order chi connectivity index (χ1) is 10.2. The van der Waals surface area contributed by atoms with Gasteiger partial charge in [0.2, 0.25) is 5.88 Å². The molecule has 0 unspecified atom stereocenters. The number of hydrogen-bond donors (Lipinski definition) is 1. The van der Waals surface area contributed by atoms with E-state index in [1.54, 1.807) is 6.07 Å². The number of unbranched alkanes of at least 4 members (excludes halogenated alkanes) is 2. The molecular weight excluding hydrogens is 262 g/mol. The molecule has 0 fully saturated rings. The van der Waals surface area contributed by atoms with Crippen molar-refractivity contribution in [1.29, 1.82) is 0 Å². The molecule has 21 heavy (non-hydrogen) atoms. The highest BCUT2D eigenvalue weighted by Gasteiger charge is 2.11. The zero-order chi connectivity index (χ0) is 14.8. The zero-order valence-electron chi connectivity index (χ0n) is 12.2. The standard InChI is InChI=1S/C18H19NO2/c1-2-3-6-11-19-16(20)12-14-10-9-13-7-4-5-8-15(13)17(14)18(19)21/h4-5,7-10,12,21H,2-3,6,11H2,1H3. The predicted molar refractivity (Wildman–Crippen MR) is 86.9 cm³/mol. The Bertz CT molecular complexity index is 849. The lowest BCUT2D eigenvalue weighted by molar-refractivity contribution is 0.407. The quantitative estimate of drug-likeness (QED) is 0.579. The number of aromatic hydroxyl groups is 1. The molecular formula is C18H19NO2. The molecule has 0 amide bonds. The van der Waals surface area contributed by atoms with Crippen LogP contribution in [-0.2, 0) is 6.54 Å². The van der Waals surface area contributed by atoms with Crippen molar-refractivity contribution in [3.8, 4) is 5.88 Å². The highest BCUT2D eigenvalue weighted by Crippen LogP contribution is 2.31. The fourth-order valence-corrected chi connectivity index (χ4v) is 2.84. The lowest BCUT2D eigenvalue weighted by atomic mass is 10.0. The molecule has 0 aliphatic carbocycles. The Labute approximate surface area is 123 Å². The second-order valence-electron chi connectivity index (χ2n) is 5.42. The van der Waals surface area contributed by atoms with Gasteiger partial charge in [-0.05, 0) is 22.6 Å². The number of nitrogens with zero attached hydrogens (tertiary/aromatic N) is 1. The molecule has 0 atom stereocenters. The smallest absolute Gasteiger partial charge is 0.253 e. The van der Waals surface area contributed by atoms with E-state index in [2.05, 4.69) is 6.92 Å². The maximum absolute atomic E-state index is 12.2. The van der Waals surface area contributed by atoms with Crippen LogP contribution in [0.5, 0.6) is 5.88 Å². The van der Waals surface area contributed by atoms with Crippen LogP contribution < -0.4 is 5.56 Å². The van der Waals surface area contributed by atoms with Crippen molar-refractivity contribution in [3.63, 3.8) is 0 Å². The first-order valence-electron chi connectivity index (χ1n) is 7.46. The van der Waals surface area contributed by atoms with Crippen LogP contribution in [0.4, 0.5) is 0 Å². The molecule has 0 saturated heterocycles. The summed E-state index contributed by atoms with van der Waals surface area (Å²) >= 11 is 0. The number of fused-ring (bicyclic) bond motifs is 3. The van der Waals surface area contributed by atoms with Crippen molar-refractivity contribution in [3.05, 3.63) is 52.8 Å². The van der Waals surface area contributed by atoms with Crippen LogP contribution in [0.2, 0.25) is 0 Å². The minimum atomic E-state index is -0.133. The SMILES string of the molecule is CCCCCn1c(O)c2c(ccc3ccccc32)cc1=O. The van der Waals surface area contributed by atoms with Gasteiger partial charge in [-0.3, -0.25) is 9.36 Å². The van der Waals surface area contributed by atoms with Gasteiger partial charge in [-0.1, -0.05) is 56.2 Å². The minimum Gasteiger partial charge on any atom is -0.494 e. The normalized spacial score (nSPS) is 11.3. The van der Waals surface area contributed by atoms with Crippen LogP contribution in [0.3, 0.4) is 0 Å². The van der Waals surface area contributed by atoms with Gasteiger partial charge in [0, 0.05) is 12.6 Å². The molecule has 0 spiro atoms. The number of pyridine rings is 1. The Morgan fingerprint density at radius 1 is 1.05 bits per heavy atom. The summed E-state index contributed by atoms with van der Waals surface area (Å²) in [5, 5.41) is 14.2. The third kappa shape index (κ3) is 2.40. The molecule has 3 aromatic rings. The summed E-state index contributed by atoms with van der Waals surface area (Å²) in [6.07, 6.45) is 3.05. The number of hydrogen-bond acceptors (Lipinski definition) is 2. The van der Waals surface area contributed by atoms with Crippen molar-refractivity contribution >= 4 is 21.5 Å². The average molecular weight is 281 g/mol. The van der Waals surface area contributed by atoms with Crippen molar-refractivity contribution in [2.24, 2.45) is 0 Å². The Balaban J connectivity index is 2.25. The summed E-state index contributed by atoms with van der Waals surface area (Å²) in [5.74, 6) is 0.0883. The van der Waals surface area contributed by atoms with Crippen molar-refractivity contribution < 1.29 is 5.11 Å². The molecule has 3 rings (SSSR count). The van der Waals surface area contributed by atoms with Gasteiger partial charge in [0.1, 0.15) is 0 Å². The summed E-state index contributed by atoms with van der Waals surface area (Å²) in [4.78, 5) is 12.2. The van der Waals surface area contributed by atoms with E-state index in [1.165, 1.54) is 4.57 Å². The average Bonchev–Trinajstić information content (AvgIpc) is 2.50. The van der Waals surface area contributed by atoms with E-state index in [9.17, 15) is 9.90 Å². The molecule has 0 aliphatic heterocycles. The van der Waals surface area contributed by atoms with E-state index in [0.29, 0.717) is 6.54 Å². The van der Waals surface area contributed by atoms with Gasteiger partial charge in [0.15, 0.2) is 0 Å². The van der Waals surface area contributed by atoms with E-state index in [4.69, 9.17) is 0 Å². The Kier molecular flexibility index (Phi) is 3.65. The fraction of sp³-hybridized carbons (Fsp3) is 0.278. The third-order valence-electron chi connectivity index (χ3n) is 3.97. The Morgan fingerprint density at radius 3 is 2.62 bits per heavy atom. The summed E-state index contributed by atoms with van der Waals surface area (Å²) in [6, 6.07) is 13.4. The number of benzene rings is 2. The molecule has 3 nitrogen and oxygen atoms in total. The van der Waals surface area contributed by atoms with Crippen LogP contribution in [0.15, 0.2) is 47.3 Å². The Morgan fingerprint density at radius 2 is 1.81 bits per heavy atom. The van der Waals surface area contributed by atoms with Crippen LogP contribution in [0, 0.1) is 0 Å². The molecule has 0 bridgehead atoms. The van der Waals surface area contributed by atoms with Crippen LogP contribution in [0.1, 0.15) is 26.2 Å². The maximum Gasteiger partial charge on any atom is 0.253 e. The van der Waals surface area contributed by atoms with E-state index < -0.39 is 0 Å². The second kappa shape index (κ2) is 5.60. The number of rotatable bonds is 4. The van der Waals surface area contributed by atoms with Gasteiger partial charge < -0.3 is 5.11 Å². The summed E-state index contributed by atoms with van der Waals surface area (Å²) in [5.41, 5.74) is -0.133. The van der Waals surface area contributed by atoms with Crippen molar-refractivity contribution in [1.82, 2.24) is 4.57 Å². The largest absolute Gasteiger partial charge is 0.494 e. The first-order valence-corrected chi connectivity index (χ1v) is 7.46. The van der Waals surface area contributed by atoms with Gasteiger partial charge in [0.25, 0.3) is 5.56 Å². The number of aromatic nitrogens is 1. The van der Waals surface area contributed by atoms with Gasteiger partial charge >= 0.3 is 0 Å². The van der Waals surface area contributed by atoms with Crippen molar-refractivity contribution in [2.75, 3.05) is 0 Å². The Hall–Kier alpha value is -2.29. The third-order valence-corrected chi connectivity index (χ3v) is 3.97. The van der Waals surface area contributed by atoms with Gasteiger partial charge in [-0.15, -0.1) is 0 Å². The highest BCUT2D eigenvalue weighted by atomic mass is 16.3. The summed E-state index contributed by atoms with van der Waals surface area (Å²) < 4.78 is 1.49. The lowest BCUT2D eigenvalue weighted by Crippen LogP contribution is -2.19. The van der Waals surface area contributed by atoms with E-state index in [-0.39, 0.29) is 11.4 Å². The molecule has 108 valence electrons. The molecule has 0 radical (unpaired) electrons. The highest BCUT2D eigenvalue weighted by molar-refractivity contribution is 6.09. The molecule has 3 heteroatoms. The monoisotopic (exact) mass is 281 g/mol. The topological polar surface area (TPSA) is 42.2 Å².